The highest BCUT2D eigenvalue weighted by molar-refractivity contribution is 6.11. The molecule has 5 rings (SSSR count). The Kier molecular flexibility index (Phi) is 2.76. The van der Waals surface area contributed by atoms with Gasteiger partial charge in [0.25, 0.3) is 0 Å². The van der Waals surface area contributed by atoms with Gasteiger partial charge in [0, 0.05) is 32.1 Å². The zero-order valence-corrected chi connectivity index (χ0v) is 15.6. The number of aromatic nitrogens is 1. The average Bonchev–Trinajstić information content (AvgIpc) is 3.06. The predicted octanol–water partition coefficient (Wildman–Crippen LogP) is 6.16. The molecule has 0 saturated heterocycles. The molecule has 0 aliphatic carbocycles. The second-order valence-corrected chi connectivity index (χ2v) is 7.28. The van der Waals surface area contributed by atoms with E-state index in [9.17, 15) is 0 Å². The summed E-state index contributed by atoms with van der Waals surface area (Å²) >= 11 is 0. The summed E-state index contributed by atoms with van der Waals surface area (Å²) in [6.45, 7) is 1.79. The maximum atomic E-state index is 7.76. The second kappa shape index (κ2) is 5.68. The summed E-state index contributed by atoms with van der Waals surface area (Å²) in [7, 11) is 1.89. The summed E-state index contributed by atoms with van der Waals surface area (Å²) < 4.78 is 31.5. The molecule has 0 atom stereocenters. The molecule has 0 saturated carbocycles. The van der Waals surface area contributed by atoms with Crippen LogP contribution in [0.4, 0.5) is 0 Å². The van der Waals surface area contributed by atoms with E-state index in [0.717, 1.165) is 49.7 Å². The second-order valence-electron chi connectivity index (χ2n) is 7.28. The van der Waals surface area contributed by atoms with E-state index in [-0.39, 0.29) is 0 Å². The van der Waals surface area contributed by atoms with Crippen LogP contribution in [0, 0.1) is 20.7 Å². The summed E-state index contributed by atoms with van der Waals surface area (Å²) in [6.07, 6.45) is 1.71. The molecule has 2 heteroatoms. The molecule has 3 aromatic carbocycles. The normalized spacial score (nSPS) is 13.8. The van der Waals surface area contributed by atoms with Crippen molar-refractivity contribution in [1.82, 2.24) is 0 Å². The van der Waals surface area contributed by atoms with Crippen LogP contribution in [0.15, 0.2) is 65.2 Å². The summed E-state index contributed by atoms with van der Waals surface area (Å²) in [5.41, 5.74) is 5.93. The van der Waals surface area contributed by atoms with Gasteiger partial charge in [-0.2, -0.15) is 0 Å². The summed E-state index contributed by atoms with van der Waals surface area (Å²) in [5.74, 6) is 0. The SMILES string of the molecule is [2H]C([2H])([2H])c1c[n+](C)c(-c2ccc3c(oc4cc5ccccc5cc43)c2C)cc1C. The number of pyridine rings is 1. The highest BCUT2D eigenvalue weighted by Gasteiger charge is 2.19. The Bertz CT molecular complexity index is 1460. The standard InChI is InChI=1S/C25H22NO/c1-15-11-23(26(4)14-16(15)2)20-9-10-21-22-12-18-7-5-6-8-19(18)13-24(22)27-25(21)17(20)3/h5-14H,1-4H3/q+1/i2D3. The van der Waals surface area contributed by atoms with Crippen LogP contribution in [0.5, 0.6) is 0 Å². The van der Waals surface area contributed by atoms with Gasteiger partial charge in [0.05, 0.1) is 5.56 Å². The number of furan rings is 1. The van der Waals surface area contributed by atoms with Crippen molar-refractivity contribution in [2.75, 3.05) is 0 Å². The maximum absolute atomic E-state index is 7.76. The van der Waals surface area contributed by atoms with Crippen LogP contribution in [0.25, 0.3) is 44.0 Å². The monoisotopic (exact) mass is 355 g/mol. The molecule has 132 valence electrons. The van der Waals surface area contributed by atoms with Gasteiger partial charge in [-0.3, -0.25) is 0 Å². The smallest absolute Gasteiger partial charge is 0.212 e. The predicted molar refractivity (Wildman–Crippen MR) is 112 cm³/mol. The lowest BCUT2D eigenvalue weighted by Crippen LogP contribution is -2.31. The molecule has 2 nitrogen and oxygen atoms in total. The molecule has 0 unspecified atom stereocenters. The lowest BCUT2D eigenvalue weighted by molar-refractivity contribution is -0.660. The minimum Gasteiger partial charge on any atom is -0.456 e. The van der Waals surface area contributed by atoms with Gasteiger partial charge in [-0.1, -0.05) is 24.3 Å². The lowest BCUT2D eigenvalue weighted by Gasteiger charge is -2.07. The number of aryl methyl sites for hydroxylation is 4. The number of hydrogen-bond acceptors (Lipinski definition) is 1. The third-order valence-corrected chi connectivity index (χ3v) is 5.51. The summed E-state index contributed by atoms with van der Waals surface area (Å²) in [5, 5.41) is 4.55. The van der Waals surface area contributed by atoms with Gasteiger partial charge in [0.15, 0.2) is 6.20 Å². The van der Waals surface area contributed by atoms with Gasteiger partial charge in [-0.05, 0) is 61.3 Å². The molecule has 0 spiro atoms. The highest BCUT2D eigenvalue weighted by atomic mass is 16.3. The van der Waals surface area contributed by atoms with Crippen molar-refractivity contribution in [3.8, 4) is 11.3 Å². The minimum atomic E-state index is -2.12. The molecule has 27 heavy (non-hydrogen) atoms. The van der Waals surface area contributed by atoms with Crippen molar-refractivity contribution in [3.63, 3.8) is 0 Å². The third-order valence-electron chi connectivity index (χ3n) is 5.51. The zero-order valence-electron chi connectivity index (χ0n) is 18.6. The largest absolute Gasteiger partial charge is 0.456 e. The van der Waals surface area contributed by atoms with E-state index in [2.05, 4.69) is 43.3 Å². The third kappa shape index (κ3) is 2.37. The first-order valence-electron chi connectivity index (χ1n) is 10.6. The zero-order chi connectivity index (χ0) is 21.2. The first-order chi connectivity index (χ1) is 14.2. The summed E-state index contributed by atoms with van der Waals surface area (Å²) in [4.78, 5) is 0. The molecule has 0 amide bonds. The molecule has 0 bridgehead atoms. The van der Waals surface area contributed by atoms with Crippen LogP contribution >= 0.6 is 0 Å². The topological polar surface area (TPSA) is 17.0 Å². The van der Waals surface area contributed by atoms with Crippen molar-refractivity contribution >= 4 is 32.7 Å². The van der Waals surface area contributed by atoms with E-state index in [0.29, 0.717) is 5.56 Å². The fourth-order valence-electron chi connectivity index (χ4n) is 3.95. The van der Waals surface area contributed by atoms with Gasteiger partial charge >= 0.3 is 0 Å². The number of rotatable bonds is 1. The number of fused-ring (bicyclic) bond motifs is 4. The Balaban J connectivity index is 1.75. The van der Waals surface area contributed by atoms with E-state index >= 15 is 0 Å². The average molecular weight is 355 g/mol. The maximum Gasteiger partial charge on any atom is 0.212 e. The molecule has 0 radical (unpaired) electrons. The number of hydrogen-bond donors (Lipinski definition) is 0. The van der Waals surface area contributed by atoms with Crippen LogP contribution in [-0.2, 0) is 7.05 Å². The van der Waals surface area contributed by atoms with Gasteiger partial charge in [-0.25, -0.2) is 4.57 Å². The van der Waals surface area contributed by atoms with E-state index in [1.54, 1.807) is 6.20 Å². The molecular formula is C25H22NO+. The van der Waals surface area contributed by atoms with Crippen LogP contribution in [0.3, 0.4) is 0 Å². The van der Waals surface area contributed by atoms with Crippen LogP contribution in [0.1, 0.15) is 20.8 Å². The fourth-order valence-corrected chi connectivity index (χ4v) is 3.95. The Hall–Kier alpha value is -3.13. The van der Waals surface area contributed by atoms with Crippen molar-refractivity contribution in [1.29, 1.82) is 0 Å². The molecular weight excluding hydrogens is 330 g/mol. The minimum absolute atomic E-state index is 0.378. The molecule has 0 aliphatic rings. The first kappa shape index (κ1) is 13.1. The quantitative estimate of drug-likeness (QED) is 0.329. The molecule has 0 N–H and O–H groups in total. The highest BCUT2D eigenvalue weighted by Crippen LogP contribution is 2.37. The molecule has 0 aliphatic heterocycles. The Labute approximate surface area is 162 Å². The molecule has 0 fully saturated rings. The van der Waals surface area contributed by atoms with Crippen molar-refractivity contribution in [2.24, 2.45) is 7.05 Å². The van der Waals surface area contributed by atoms with Crippen LogP contribution in [-0.4, -0.2) is 0 Å². The first-order valence-corrected chi connectivity index (χ1v) is 9.10. The van der Waals surface area contributed by atoms with Crippen molar-refractivity contribution < 1.29 is 13.1 Å². The Morgan fingerprint density at radius 3 is 2.44 bits per heavy atom. The fraction of sp³-hybridized carbons (Fsp3) is 0.160. The van der Waals surface area contributed by atoms with Gasteiger partial charge in [0.1, 0.15) is 18.2 Å². The van der Waals surface area contributed by atoms with Crippen LogP contribution in [0.2, 0.25) is 0 Å². The van der Waals surface area contributed by atoms with Gasteiger partial charge < -0.3 is 4.42 Å². The number of benzene rings is 3. The van der Waals surface area contributed by atoms with Gasteiger partial charge in [0.2, 0.25) is 5.69 Å². The van der Waals surface area contributed by atoms with Gasteiger partial charge in [-0.15, -0.1) is 0 Å². The lowest BCUT2D eigenvalue weighted by atomic mass is 9.99. The summed E-state index contributed by atoms with van der Waals surface area (Å²) in [6, 6.07) is 18.7. The number of nitrogens with zero attached hydrogens (tertiary/aromatic N) is 1. The van der Waals surface area contributed by atoms with E-state index < -0.39 is 6.85 Å². The van der Waals surface area contributed by atoms with E-state index in [1.807, 2.05) is 36.7 Å². The molecule has 2 heterocycles. The molecule has 5 aromatic rings. The Morgan fingerprint density at radius 2 is 1.67 bits per heavy atom. The van der Waals surface area contributed by atoms with Crippen LogP contribution < -0.4 is 4.57 Å². The van der Waals surface area contributed by atoms with E-state index in [1.165, 1.54) is 5.39 Å². The van der Waals surface area contributed by atoms with Crippen molar-refractivity contribution in [2.45, 2.75) is 20.7 Å². The van der Waals surface area contributed by atoms with E-state index in [4.69, 9.17) is 8.53 Å². The Morgan fingerprint density at radius 1 is 0.889 bits per heavy atom. The molecule has 2 aromatic heterocycles. The van der Waals surface area contributed by atoms with Crippen molar-refractivity contribution in [3.05, 3.63) is 77.5 Å².